The predicted octanol–water partition coefficient (Wildman–Crippen LogP) is 2.88. The molecule has 0 saturated heterocycles. The molecule has 140 valence electrons. The molecule has 0 bridgehead atoms. The molecule has 0 saturated carbocycles. The van der Waals surface area contributed by atoms with Crippen molar-refractivity contribution in [1.29, 1.82) is 0 Å². The van der Waals surface area contributed by atoms with Crippen LogP contribution in [0.1, 0.15) is 18.1 Å². The molecular weight excluding hydrogens is 354 g/mol. The van der Waals surface area contributed by atoms with Crippen LogP contribution in [0.25, 0.3) is 0 Å². The summed E-state index contributed by atoms with van der Waals surface area (Å²) in [5.74, 6) is 0. The lowest BCUT2D eigenvalue weighted by Crippen LogP contribution is -2.34. The summed E-state index contributed by atoms with van der Waals surface area (Å²) in [6.07, 6.45) is 0.515. The molecule has 0 aromatic heterocycles. The van der Waals surface area contributed by atoms with Crippen LogP contribution in [-0.2, 0) is 16.4 Å². The molecule has 1 atom stereocenters. The molecule has 0 fully saturated rings. The summed E-state index contributed by atoms with van der Waals surface area (Å²) >= 11 is 0. The summed E-state index contributed by atoms with van der Waals surface area (Å²) in [5, 5.41) is 11.0. The Kier molecular flexibility index (Phi) is 5.99. The second kappa shape index (κ2) is 7.84. The average Bonchev–Trinajstić information content (AvgIpc) is 2.54. The van der Waals surface area contributed by atoms with E-state index < -0.39 is 14.9 Å². The van der Waals surface area contributed by atoms with Gasteiger partial charge >= 0.3 is 0 Å². The Labute approximate surface area is 153 Å². The maximum atomic E-state index is 12.5. The van der Waals surface area contributed by atoms with Crippen molar-refractivity contribution < 1.29 is 13.3 Å². The van der Waals surface area contributed by atoms with Gasteiger partial charge < -0.3 is 4.90 Å². The summed E-state index contributed by atoms with van der Waals surface area (Å²) in [4.78, 5) is 12.3. The number of nitrogens with one attached hydrogen (secondary N) is 1. The van der Waals surface area contributed by atoms with Gasteiger partial charge in [0.2, 0.25) is 10.0 Å². The van der Waals surface area contributed by atoms with E-state index in [1.165, 1.54) is 12.1 Å². The number of hydrogen-bond acceptors (Lipinski definition) is 5. The lowest BCUT2D eigenvalue weighted by Gasteiger charge is -2.16. The highest BCUT2D eigenvalue weighted by Gasteiger charge is 2.21. The van der Waals surface area contributed by atoms with E-state index >= 15 is 0 Å². The number of nitro benzene ring substituents is 1. The normalized spacial score (nSPS) is 12.6. The topological polar surface area (TPSA) is 92.6 Å². The quantitative estimate of drug-likeness (QED) is 0.592. The highest BCUT2D eigenvalue weighted by Crippen LogP contribution is 2.22. The third kappa shape index (κ3) is 4.80. The molecule has 0 amide bonds. The Balaban J connectivity index is 2.13. The van der Waals surface area contributed by atoms with Crippen molar-refractivity contribution in [3.8, 4) is 0 Å². The van der Waals surface area contributed by atoms with Crippen LogP contribution in [0.15, 0.2) is 47.4 Å². The number of sulfonamides is 1. The van der Waals surface area contributed by atoms with Gasteiger partial charge in [-0.2, -0.15) is 0 Å². The van der Waals surface area contributed by atoms with Crippen molar-refractivity contribution in [2.75, 3.05) is 19.0 Å². The summed E-state index contributed by atoms with van der Waals surface area (Å²) in [6.45, 7) is 3.34. The van der Waals surface area contributed by atoms with E-state index in [4.69, 9.17) is 0 Å². The minimum absolute atomic E-state index is 0.107. The molecule has 1 unspecified atom stereocenters. The monoisotopic (exact) mass is 377 g/mol. The van der Waals surface area contributed by atoms with Crippen LogP contribution in [0.3, 0.4) is 0 Å². The lowest BCUT2D eigenvalue weighted by molar-refractivity contribution is -0.385. The van der Waals surface area contributed by atoms with E-state index in [-0.39, 0.29) is 16.6 Å². The fourth-order valence-corrected chi connectivity index (χ4v) is 3.87. The molecule has 0 aliphatic heterocycles. The second-order valence-electron chi connectivity index (χ2n) is 6.49. The van der Waals surface area contributed by atoms with Gasteiger partial charge in [0, 0.05) is 37.5 Å². The maximum Gasteiger partial charge on any atom is 0.273 e. The van der Waals surface area contributed by atoms with Gasteiger partial charge in [0.15, 0.2) is 0 Å². The minimum atomic E-state index is -3.84. The Morgan fingerprint density at radius 2 is 1.77 bits per heavy atom. The van der Waals surface area contributed by atoms with Crippen molar-refractivity contribution in [3.63, 3.8) is 0 Å². The smallest absolute Gasteiger partial charge is 0.273 e. The standard InChI is InChI=1S/C18H23N3O4S/c1-13-5-10-17(12-18(13)21(22)23)26(24,25)19-14(2)11-15-6-8-16(9-7-15)20(3)4/h5-10,12,14,19H,11H2,1-4H3. The lowest BCUT2D eigenvalue weighted by atomic mass is 10.1. The zero-order chi connectivity index (χ0) is 19.5. The third-order valence-corrected chi connectivity index (χ3v) is 5.63. The van der Waals surface area contributed by atoms with E-state index in [1.807, 2.05) is 43.3 Å². The van der Waals surface area contributed by atoms with Crippen LogP contribution in [0.5, 0.6) is 0 Å². The molecule has 26 heavy (non-hydrogen) atoms. The van der Waals surface area contributed by atoms with Crippen molar-refractivity contribution in [1.82, 2.24) is 4.72 Å². The van der Waals surface area contributed by atoms with Crippen molar-refractivity contribution in [2.24, 2.45) is 0 Å². The first-order chi connectivity index (χ1) is 12.1. The van der Waals surface area contributed by atoms with E-state index in [2.05, 4.69) is 4.72 Å². The van der Waals surface area contributed by atoms with Gasteiger partial charge in [-0.3, -0.25) is 10.1 Å². The Morgan fingerprint density at radius 1 is 1.15 bits per heavy atom. The summed E-state index contributed by atoms with van der Waals surface area (Å²) in [6, 6.07) is 11.4. The number of hydrogen-bond donors (Lipinski definition) is 1. The summed E-state index contributed by atoms with van der Waals surface area (Å²) in [5.41, 5.74) is 2.28. The largest absolute Gasteiger partial charge is 0.378 e. The van der Waals surface area contributed by atoms with E-state index in [1.54, 1.807) is 13.8 Å². The molecule has 0 spiro atoms. The number of rotatable bonds is 7. The van der Waals surface area contributed by atoms with Gasteiger partial charge in [-0.05, 0) is 44.0 Å². The van der Waals surface area contributed by atoms with Crippen LogP contribution in [-0.4, -0.2) is 33.5 Å². The Morgan fingerprint density at radius 3 is 2.31 bits per heavy atom. The minimum Gasteiger partial charge on any atom is -0.378 e. The number of aryl methyl sites for hydroxylation is 1. The zero-order valence-corrected chi connectivity index (χ0v) is 16.1. The molecule has 7 nitrogen and oxygen atoms in total. The molecule has 0 radical (unpaired) electrons. The fraction of sp³-hybridized carbons (Fsp3) is 0.333. The molecule has 8 heteroatoms. The fourth-order valence-electron chi connectivity index (χ4n) is 2.61. The predicted molar refractivity (Wildman–Crippen MR) is 102 cm³/mol. The van der Waals surface area contributed by atoms with Gasteiger partial charge in [-0.25, -0.2) is 13.1 Å². The van der Waals surface area contributed by atoms with Gasteiger partial charge in [-0.1, -0.05) is 18.2 Å². The van der Waals surface area contributed by atoms with Crippen molar-refractivity contribution >= 4 is 21.4 Å². The molecule has 2 aromatic rings. The number of nitro groups is 1. The molecule has 0 heterocycles. The van der Waals surface area contributed by atoms with Crippen LogP contribution >= 0.6 is 0 Å². The molecular formula is C18H23N3O4S. The first kappa shape index (κ1) is 19.9. The van der Waals surface area contributed by atoms with Gasteiger partial charge in [0.05, 0.1) is 9.82 Å². The SMILES string of the molecule is Cc1ccc(S(=O)(=O)NC(C)Cc2ccc(N(C)C)cc2)cc1[N+](=O)[O-]. The molecule has 0 aliphatic rings. The molecule has 1 N–H and O–H groups in total. The summed E-state index contributed by atoms with van der Waals surface area (Å²) < 4.78 is 27.6. The first-order valence-electron chi connectivity index (χ1n) is 8.14. The Bertz CT molecular complexity index is 893. The van der Waals surface area contributed by atoms with Crippen LogP contribution in [0.4, 0.5) is 11.4 Å². The van der Waals surface area contributed by atoms with Gasteiger partial charge in [0.25, 0.3) is 5.69 Å². The number of benzene rings is 2. The zero-order valence-electron chi connectivity index (χ0n) is 15.3. The molecule has 0 aliphatic carbocycles. The number of nitrogens with zero attached hydrogens (tertiary/aromatic N) is 2. The van der Waals surface area contributed by atoms with Crippen LogP contribution in [0.2, 0.25) is 0 Å². The average molecular weight is 377 g/mol. The molecule has 2 aromatic carbocycles. The second-order valence-corrected chi connectivity index (χ2v) is 8.21. The van der Waals surface area contributed by atoms with E-state index in [0.717, 1.165) is 17.3 Å². The van der Waals surface area contributed by atoms with E-state index in [0.29, 0.717) is 12.0 Å². The molecule has 2 rings (SSSR count). The van der Waals surface area contributed by atoms with Crippen molar-refractivity contribution in [3.05, 3.63) is 63.7 Å². The maximum absolute atomic E-state index is 12.5. The highest BCUT2D eigenvalue weighted by molar-refractivity contribution is 7.89. The first-order valence-corrected chi connectivity index (χ1v) is 9.62. The van der Waals surface area contributed by atoms with Crippen molar-refractivity contribution in [2.45, 2.75) is 31.2 Å². The van der Waals surface area contributed by atoms with E-state index in [9.17, 15) is 18.5 Å². The third-order valence-electron chi connectivity index (χ3n) is 4.04. The van der Waals surface area contributed by atoms with Crippen LogP contribution < -0.4 is 9.62 Å². The highest BCUT2D eigenvalue weighted by atomic mass is 32.2. The van der Waals surface area contributed by atoms with Gasteiger partial charge in [-0.15, -0.1) is 0 Å². The summed E-state index contributed by atoms with van der Waals surface area (Å²) in [7, 11) is 0.0652. The Hall–Kier alpha value is -2.45. The van der Waals surface area contributed by atoms with Gasteiger partial charge in [0.1, 0.15) is 0 Å². The van der Waals surface area contributed by atoms with Crippen LogP contribution in [0, 0.1) is 17.0 Å². The number of anilines is 1.